The minimum atomic E-state index is -1.32. The van der Waals surface area contributed by atoms with Gasteiger partial charge in [0.2, 0.25) is 0 Å². The zero-order valence-electron chi connectivity index (χ0n) is 23.0. The molecule has 3 aromatic carbocycles. The molecule has 0 bridgehead atoms. The number of aliphatic hydroxyl groups excluding tert-OH is 2. The summed E-state index contributed by atoms with van der Waals surface area (Å²) >= 11 is 0. The van der Waals surface area contributed by atoms with E-state index in [2.05, 4.69) is 15.2 Å². The highest BCUT2D eigenvalue weighted by molar-refractivity contribution is 5.72. The zero-order valence-corrected chi connectivity index (χ0v) is 23.0. The molecular weight excluding hydrogens is 540 g/mol. The molecule has 0 radical (unpaired) electrons. The van der Waals surface area contributed by atoms with Gasteiger partial charge in [-0.15, -0.1) is 0 Å². The maximum Gasteiger partial charge on any atom is 0.292 e. The number of benzene rings is 3. The number of fused-ring (bicyclic) bond motifs is 1. The summed E-state index contributed by atoms with van der Waals surface area (Å²) < 4.78 is 25.3. The summed E-state index contributed by atoms with van der Waals surface area (Å²) in [7, 11) is 3.21. The minimum Gasteiger partial charge on any atom is -0.497 e. The second-order valence-electron chi connectivity index (χ2n) is 9.95. The number of H-pyrrole nitrogens is 1. The molecule has 5 aromatic rings. The highest BCUT2D eigenvalue weighted by atomic mass is 16.6. The average Bonchev–Trinajstić information content (AvgIpc) is 3.59. The van der Waals surface area contributed by atoms with Gasteiger partial charge in [0.25, 0.3) is 5.56 Å². The third-order valence-electron chi connectivity index (χ3n) is 7.65. The Morgan fingerprint density at radius 2 is 1.48 bits per heavy atom. The lowest BCUT2D eigenvalue weighted by atomic mass is 9.80. The molecule has 1 aliphatic rings. The molecule has 0 unspecified atom stereocenters. The molecule has 3 N–H and O–H groups in total. The van der Waals surface area contributed by atoms with Gasteiger partial charge in [-0.2, -0.15) is 5.10 Å². The first kappa shape index (κ1) is 27.6. The number of imidazole rings is 1. The van der Waals surface area contributed by atoms with E-state index in [1.165, 1.54) is 17.1 Å². The Morgan fingerprint density at radius 3 is 2.07 bits per heavy atom. The lowest BCUT2D eigenvalue weighted by Crippen LogP contribution is -2.39. The molecule has 11 nitrogen and oxygen atoms in total. The molecule has 1 saturated heterocycles. The summed E-state index contributed by atoms with van der Waals surface area (Å²) in [6.45, 7) is -0.0901. The number of nitrogens with zero attached hydrogens (tertiary/aromatic N) is 3. The van der Waals surface area contributed by atoms with Gasteiger partial charge in [-0.1, -0.05) is 54.6 Å². The van der Waals surface area contributed by atoms with Gasteiger partial charge in [0, 0.05) is 0 Å². The van der Waals surface area contributed by atoms with Crippen molar-refractivity contribution in [1.82, 2.24) is 19.7 Å². The number of rotatable bonds is 9. The van der Waals surface area contributed by atoms with Crippen LogP contribution in [0.3, 0.4) is 0 Å². The Labute approximate surface area is 240 Å². The quantitative estimate of drug-likeness (QED) is 0.228. The summed E-state index contributed by atoms with van der Waals surface area (Å²) in [5.41, 5.74) is 1.39. The molecule has 216 valence electrons. The van der Waals surface area contributed by atoms with Crippen LogP contribution in [0.5, 0.6) is 11.5 Å². The Hall–Kier alpha value is -4.55. The third-order valence-corrected chi connectivity index (χ3v) is 7.65. The van der Waals surface area contributed by atoms with E-state index in [1.54, 1.807) is 14.2 Å². The first-order valence-corrected chi connectivity index (χ1v) is 13.4. The van der Waals surface area contributed by atoms with Crippen LogP contribution in [-0.4, -0.2) is 69.1 Å². The molecule has 0 spiro atoms. The Balaban J connectivity index is 1.39. The Kier molecular flexibility index (Phi) is 7.48. The molecule has 42 heavy (non-hydrogen) atoms. The number of aromatic amines is 1. The van der Waals surface area contributed by atoms with Crippen molar-refractivity contribution < 1.29 is 29.2 Å². The van der Waals surface area contributed by atoms with Crippen molar-refractivity contribution >= 4 is 11.0 Å². The average molecular weight is 571 g/mol. The van der Waals surface area contributed by atoms with Crippen molar-refractivity contribution in [3.63, 3.8) is 0 Å². The highest BCUT2D eigenvalue weighted by Crippen LogP contribution is 2.43. The maximum atomic E-state index is 12.1. The Bertz CT molecular complexity index is 1660. The molecule has 11 heteroatoms. The second-order valence-corrected chi connectivity index (χ2v) is 9.95. The third kappa shape index (κ3) is 4.72. The van der Waals surface area contributed by atoms with Crippen molar-refractivity contribution in [2.45, 2.75) is 30.1 Å². The minimum absolute atomic E-state index is 0.0901. The van der Waals surface area contributed by atoms with Gasteiger partial charge in [0.1, 0.15) is 35.4 Å². The van der Waals surface area contributed by atoms with Crippen LogP contribution in [0.4, 0.5) is 0 Å². The first-order chi connectivity index (χ1) is 20.5. The SMILES string of the molecule is COc1ccc(C(OC[C@H]2O[C@@H](n3cnc4c(=O)[nH]ncc43)[C@H](O)[C@@H]2O)(c2ccccc2)c2ccc(OC)cc2)cc1. The molecule has 2 aromatic heterocycles. The van der Waals surface area contributed by atoms with E-state index < -0.39 is 35.7 Å². The fourth-order valence-corrected chi connectivity index (χ4v) is 5.46. The van der Waals surface area contributed by atoms with Crippen LogP contribution in [0.15, 0.2) is 96.2 Å². The van der Waals surface area contributed by atoms with Gasteiger partial charge < -0.3 is 29.2 Å². The molecule has 0 amide bonds. The number of aromatic nitrogens is 4. The van der Waals surface area contributed by atoms with Crippen molar-refractivity contribution in [3.05, 3.63) is 118 Å². The molecule has 1 aliphatic heterocycles. The van der Waals surface area contributed by atoms with Gasteiger partial charge >= 0.3 is 0 Å². The fourth-order valence-electron chi connectivity index (χ4n) is 5.46. The standard InChI is InChI=1S/C31H30N4O7/c1-39-22-12-8-20(9-13-22)31(19-6-4-3-5-7-19,21-10-14-23(40-2)15-11-21)41-17-25-27(36)28(37)30(42-25)35-18-32-26-24(35)16-33-34-29(26)38/h3-16,18,25,27-28,30,36-37H,17H2,1-2H3,(H,34,38)/t25-,27-,28-,30-/m1/s1. The van der Waals surface area contributed by atoms with Crippen LogP contribution >= 0.6 is 0 Å². The lowest BCUT2D eigenvalue weighted by molar-refractivity contribution is -0.0941. The van der Waals surface area contributed by atoms with Crippen molar-refractivity contribution in [1.29, 1.82) is 0 Å². The molecule has 0 saturated carbocycles. The van der Waals surface area contributed by atoms with E-state index in [1.807, 2.05) is 78.9 Å². The van der Waals surface area contributed by atoms with E-state index in [0.717, 1.165) is 16.7 Å². The van der Waals surface area contributed by atoms with Gasteiger partial charge in [-0.3, -0.25) is 9.36 Å². The van der Waals surface area contributed by atoms with Gasteiger partial charge in [0.05, 0.1) is 38.9 Å². The number of hydrogen-bond donors (Lipinski definition) is 3. The van der Waals surface area contributed by atoms with Crippen LogP contribution < -0.4 is 15.0 Å². The predicted molar refractivity (Wildman–Crippen MR) is 152 cm³/mol. The summed E-state index contributed by atoms with van der Waals surface area (Å²) in [6.07, 6.45) is -1.74. The molecule has 6 rings (SSSR count). The first-order valence-electron chi connectivity index (χ1n) is 13.4. The largest absolute Gasteiger partial charge is 0.497 e. The monoisotopic (exact) mass is 570 g/mol. The number of aliphatic hydroxyl groups is 2. The van der Waals surface area contributed by atoms with Crippen molar-refractivity contribution in [2.75, 3.05) is 20.8 Å². The molecular formula is C31H30N4O7. The predicted octanol–water partition coefficient (Wildman–Crippen LogP) is 2.76. The van der Waals surface area contributed by atoms with Crippen LogP contribution in [-0.2, 0) is 15.1 Å². The maximum absolute atomic E-state index is 12.1. The van der Waals surface area contributed by atoms with E-state index in [-0.39, 0.29) is 12.1 Å². The van der Waals surface area contributed by atoms with Gasteiger partial charge in [-0.25, -0.2) is 10.1 Å². The Morgan fingerprint density at radius 1 is 0.881 bits per heavy atom. The second kappa shape index (κ2) is 11.4. The topological polar surface area (TPSA) is 141 Å². The van der Waals surface area contributed by atoms with E-state index in [0.29, 0.717) is 17.0 Å². The molecule has 3 heterocycles. The van der Waals surface area contributed by atoms with Crippen LogP contribution in [0.1, 0.15) is 22.9 Å². The normalized spacial score (nSPS) is 20.6. The summed E-state index contributed by atoms with van der Waals surface area (Å²) in [4.78, 5) is 16.3. The summed E-state index contributed by atoms with van der Waals surface area (Å²) in [5.74, 6) is 1.38. The number of ether oxygens (including phenoxy) is 4. The zero-order chi connectivity index (χ0) is 29.3. The summed E-state index contributed by atoms with van der Waals surface area (Å²) in [5, 5.41) is 28.3. The fraction of sp³-hybridized carbons (Fsp3) is 0.258. The molecule has 1 fully saturated rings. The summed E-state index contributed by atoms with van der Waals surface area (Å²) in [6, 6.07) is 24.9. The number of hydrogen-bond acceptors (Lipinski definition) is 9. The van der Waals surface area contributed by atoms with Crippen LogP contribution in [0.25, 0.3) is 11.0 Å². The molecule has 0 aliphatic carbocycles. The van der Waals surface area contributed by atoms with Crippen molar-refractivity contribution in [3.8, 4) is 11.5 Å². The van der Waals surface area contributed by atoms with Gasteiger partial charge in [-0.05, 0) is 41.0 Å². The van der Waals surface area contributed by atoms with E-state index >= 15 is 0 Å². The smallest absolute Gasteiger partial charge is 0.292 e. The molecule has 4 atom stereocenters. The number of nitrogens with one attached hydrogen (secondary N) is 1. The van der Waals surface area contributed by atoms with E-state index in [9.17, 15) is 15.0 Å². The highest BCUT2D eigenvalue weighted by Gasteiger charge is 2.46. The van der Waals surface area contributed by atoms with Gasteiger partial charge in [0.15, 0.2) is 11.7 Å². The number of methoxy groups -OCH3 is 2. The van der Waals surface area contributed by atoms with Crippen molar-refractivity contribution in [2.24, 2.45) is 0 Å². The van der Waals surface area contributed by atoms with Crippen LogP contribution in [0, 0.1) is 0 Å². The van der Waals surface area contributed by atoms with Crippen LogP contribution in [0.2, 0.25) is 0 Å². The lowest BCUT2D eigenvalue weighted by Gasteiger charge is -2.37. The van der Waals surface area contributed by atoms with E-state index in [4.69, 9.17) is 18.9 Å².